The number of fused-ring (bicyclic) bond motifs is 1. The van der Waals surface area contributed by atoms with Gasteiger partial charge in [0.25, 0.3) is 0 Å². The summed E-state index contributed by atoms with van der Waals surface area (Å²) in [5, 5.41) is 49.3. The lowest BCUT2D eigenvalue weighted by Crippen LogP contribution is -2.61. The van der Waals surface area contributed by atoms with E-state index in [0.29, 0.717) is 5.56 Å². The molecule has 1 aliphatic heterocycles. The largest absolute Gasteiger partial charge is 0.508 e. The highest BCUT2D eigenvalue weighted by atomic mass is 32.3. The molecule has 4 rings (SSSR count). The summed E-state index contributed by atoms with van der Waals surface area (Å²) in [4.78, 5) is 12.6. The Bertz CT molecular complexity index is 1380. The van der Waals surface area contributed by atoms with Crippen molar-refractivity contribution in [1.82, 2.24) is 0 Å². The minimum atomic E-state index is -5.14. The summed E-state index contributed by atoms with van der Waals surface area (Å²) in [5.74, 6) is -0.714. The van der Waals surface area contributed by atoms with Gasteiger partial charge in [0.15, 0.2) is 11.5 Å². The van der Waals surface area contributed by atoms with Crippen molar-refractivity contribution in [1.29, 1.82) is 0 Å². The summed E-state index contributed by atoms with van der Waals surface area (Å²) < 4.78 is 52.4. The van der Waals surface area contributed by atoms with Crippen LogP contribution in [-0.2, 0) is 19.3 Å². The maximum absolute atomic E-state index is 12.6. The van der Waals surface area contributed by atoms with Crippen molar-refractivity contribution in [2.24, 2.45) is 0 Å². The normalized spacial score (nSPS) is 25.0. The van der Waals surface area contributed by atoms with Crippen LogP contribution < -0.4 is 10.2 Å². The number of phenols is 2. The molecule has 6 N–H and O–H groups in total. The molecule has 13 nitrogen and oxygen atoms in total. The summed E-state index contributed by atoms with van der Waals surface area (Å²) in [6.07, 6.45) is -8.96. The molecular formula is C21H20O13S. The number of rotatable bonds is 6. The van der Waals surface area contributed by atoms with Crippen molar-refractivity contribution in [3.05, 3.63) is 52.7 Å². The Morgan fingerprint density at radius 3 is 2.31 bits per heavy atom. The van der Waals surface area contributed by atoms with E-state index < -0.39 is 58.9 Å². The zero-order chi connectivity index (χ0) is 25.5. The summed E-state index contributed by atoms with van der Waals surface area (Å²) in [6.45, 7) is -0.787. The summed E-state index contributed by atoms with van der Waals surface area (Å²) in [5.41, 5.74) is -0.301. The second-order valence-electron chi connectivity index (χ2n) is 7.65. The molecule has 188 valence electrons. The van der Waals surface area contributed by atoms with Gasteiger partial charge in [-0.2, -0.15) is 8.42 Å². The van der Waals surface area contributed by atoms with Crippen molar-refractivity contribution in [3.63, 3.8) is 0 Å². The Hall–Kier alpha value is -3.24. The Morgan fingerprint density at radius 1 is 1.00 bits per heavy atom. The molecule has 5 atom stereocenters. The first-order chi connectivity index (χ1) is 16.5. The van der Waals surface area contributed by atoms with Crippen LogP contribution in [0.1, 0.15) is 0 Å². The highest BCUT2D eigenvalue weighted by Gasteiger charge is 2.48. The first kappa shape index (κ1) is 24.9. The number of phenolic OH excluding ortho intramolecular Hbond substituents is 2. The van der Waals surface area contributed by atoms with Crippen LogP contribution in [0.2, 0.25) is 0 Å². The Labute approximate surface area is 196 Å². The fraction of sp³-hybridized carbons (Fsp3) is 0.286. The van der Waals surface area contributed by atoms with Gasteiger partial charge in [0.05, 0.1) is 6.61 Å². The topological polar surface area (TPSA) is 213 Å². The standard InChI is InChI=1S/C21H20O13S/c22-8-16-18(26)19(27)20(34-35(28,29)30)21(33-16)31-11-5-12(24)17-13(25)7-14(32-15(17)6-11)9-1-3-10(23)4-2-9/h1-7,16,18-24,26-27H,8H2,(H,28,29,30)/t16?,18-,19?,20?,21-/m1/s1. The second-order valence-corrected chi connectivity index (χ2v) is 8.70. The molecule has 0 radical (unpaired) electrons. The van der Waals surface area contributed by atoms with Crippen molar-refractivity contribution in [2.45, 2.75) is 30.7 Å². The lowest BCUT2D eigenvalue weighted by atomic mass is 9.99. The number of aliphatic hydroxyl groups excluding tert-OH is 3. The number of hydrogen-bond donors (Lipinski definition) is 6. The number of benzene rings is 2. The number of aromatic hydroxyl groups is 2. The lowest BCUT2D eigenvalue weighted by molar-refractivity contribution is -0.271. The van der Waals surface area contributed by atoms with E-state index >= 15 is 0 Å². The van der Waals surface area contributed by atoms with E-state index in [0.717, 1.165) is 12.1 Å². The van der Waals surface area contributed by atoms with Crippen LogP contribution in [-0.4, -0.2) is 75.8 Å². The number of ether oxygens (including phenoxy) is 2. The zero-order valence-corrected chi connectivity index (χ0v) is 18.4. The van der Waals surface area contributed by atoms with Crippen molar-refractivity contribution < 1.29 is 56.6 Å². The molecule has 3 aromatic rings. The third kappa shape index (κ3) is 5.23. The van der Waals surface area contributed by atoms with E-state index in [4.69, 9.17) is 18.4 Å². The maximum atomic E-state index is 12.6. The molecule has 2 aromatic carbocycles. The van der Waals surface area contributed by atoms with Crippen LogP contribution in [0.5, 0.6) is 17.2 Å². The average molecular weight is 512 g/mol. The molecule has 3 unspecified atom stereocenters. The minimum Gasteiger partial charge on any atom is -0.508 e. The number of aliphatic hydroxyl groups is 3. The van der Waals surface area contributed by atoms with Gasteiger partial charge in [-0.25, -0.2) is 4.18 Å². The lowest BCUT2D eigenvalue weighted by Gasteiger charge is -2.40. The van der Waals surface area contributed by atoms with Crippen LogP contribution in [0.4, 0.5) is 0 Å². The van der Waals surface area contributed by atoms with Gasteiger partial charge in [-0.15, -0.1) is 0 Å². The summed E-state index contributed by atoms with van der Waals surface area (Å²) >= 11 is 0. The Morgan fingerprint density at radius 2 is 1.69 bits per heavy atom. The van der Waals surface area contributed by atoms with Gasteiger partial charge >= 0.3 is 10.4 Å². The minimum absolute atomic E-state index is 0.00662. The highest BCUT2D eigenvalue weighted by Crippen LogP contribution is 2.34. The molecule has 2 heterocycles. The van der Waals surface area contributed by atoms with Gasteiger partial charge in [0, 0.05) is 23.8 Å². The van der Waals surface area contributed by atoms with Gasteiger partial charge in [0.2, 0.25) is 6.29 Å². The molecule has 1 fully saturated rings. The van der Waals surface area contributed by atoms with Gasteiger partial charge in [0.1, 0.15) is 52.3 Å². The van der Waals surface area contributed by atoms with Crippen LogP contribution in [0, 0.1) is 0 Å². The molecular weight excluding hydrogens is 492 g/mol. The van der Waals surface area contributed by atoms with E-state index in [1.54, 1.807) is 0 Å². The second kappa shape index (κ2) is 9.43. The predicted molar refractivity (Wildman–Crippen MR) is 116 cm³/mol. The van der Waals surface area contributed by atoms with Crippen LogP contribution >= 0.6 is 0 Å². The van der Waals surface area contributed by atoms with Gasteiger partial charge in [-0.05, 0) is 24.3 Å². The van der Waals surface area contributed by atoms with Crippen LogP contribution in [0.25, 0.3) is 22.3 Å². The van der Waals surface area contributed by atoms with Crippen LogP contribution in [0.3, 0.4) is 0 Å². The fourth-order valence-electron chi connectivity index (χ4n) is 3.61. The smallest absolute Gasteiger partial charge is 0.397 e. The molecule has 14 heteroatoms. The SMILES string of the molecule is O=c1cc(-c2ccc(O)cc2)oc2cc(O[C@@H]3OC(CO)[C@@H](O)C(O)C3OS(=O)(=O)O)cc(O)c12. The molecule has 1 saturated heterocycles. The van der Waals surface area contributed by atoms with E-state index in [9.17, 15) is 38.7 Å². The van der Waals surface area contributed by atoms with Crippen molar-refractivity contribution >= 4 is 21.4 Å². The first-order valence-electron chi connectivity index (χ1n) is 10.0. The molecule has 0 saturated carbocycles. The van der Waals surface area contributed by atoms with Crippen molar-refractivity contribution in [2.75, 3.05) is 6.61 Å². The fourth-order valence-corrected chi connectivity index (χ4v) is 4.09. The van der Waals surface area contributed by atoms with E-state index in [1.807, 2.05) is 0 Å². The molecule has 0 aliphatic carbocycles. The van der Waals surface area contributed by atoms with Gasteiger partial charge in [-0.1, -0.05) is 0 Å². The molecule has 35 heavy (non-hydrogen) atoms. The maximum Gasteiger partial charge on any atom is 0.397 e. The third-order valence-electron chi connectivity index (χ3n) is 5.24. The summed E-state index contributed by atoms with van der Waals surface area (Å²) in [7, 11) is -5.14. The zero-order valence-electron chi connectivity index (χ0n) is 17.6. The highest BCUT2D eigenvalue weighted by molar-refractivity contribution is 7.80. The Balaban J connectivity index is 1.73. The van der Waals surface area contributed by atoms with E-state index in [2.05, 4.69) is 4.18 Å². The van der Waals surface area contributed by atoms with Crippen molar-refractivity contribution in [3.8, 4) is 28.6 Å². The molecule has 0 amide bonds. The van der Waals surface area contributed by atoms with E-state index in [-0.39, 0.29) is 28.2 Å². The number of hydrogen-bond acceptors (Lipinski definition) is 12. The average Bonchev–Trinajstić information content (AvgIpc) is 2.78. The quantitative estimate of drug-likeness (QED) is 0.238. The van der Waals surface area contributed by atoms with Gasteiger partial charge in [-0.3, -0.25) is 9.35 Å². The molecule has 1 aliphatic rings. The first-order valence-corrected chi connectivity index (χ1v) is 11.4. The van der Waals surface area contributed by atoms with Crippen LogP contribution in [0.15, 0.2) is 51.7 Å². The predicted octanol–water partition coefficient (Wildman–Crippen LogP) is -0.123. The molecule has 0 bridgehead atoms. The van der Waals surface area contributed by atoms with Gasteiger partial charge < -0.3 is 39.4 Å². The monoisotopic (exact) mass is 512 g/mol. The molecule has 0 spiro atoms. The summed E-state index contributed by atoms with van der Waals surface area (Å²) in [6, 6.07) is 9.04. The Kier molecular flexibility index (Phi) is 6.70. The molecule has 1 aromatic heterocycles. The third-order valence-corrected chi connectivity index (χ3v) is 5.71. The van der Waals surface area contributed by atoms with E-state index in [1.165, 1.54) is 30.3 Å².